The van der Waals surface area contributed by atoms with Crippen molar-refractivity contribution < 1.29 is 22.7 Å². The smallest absolute Gasteiger partial charge is 0.367 e. The highest BCUT2D eigenvalue weighted by Crippen LogP contribution is 2.45. The van der Waals surface area contributed by atoms with E-state index in [-0.39, 0.29) is 11.2 Å². The summed E-state index contributed by atoms with van der Waals surface area (Å²) in [5.41, 5.74) is -0.0433. The van der Waals surface area contributed by atoms with Gasteiger partial charge in [-0.3, -0.25) is 9.78 Å². The first-order chi connectivity index (χ1) is 12.8. The van der Waals surface area contributed by atoms with Gasteiger partial charge in [-0.15, -0.1) is 0 Å². The fourth-order valence-corrected chi connectivity index (χ4v) is 3.78. The van der Waals surface area contributed by atoms with Crippen molar-refractivity contribution in [1.82, 2.24) is 10.3 Å². The zero-order valence-corrected chi connectivity index (χ0v) is 14.5. The normalized spacial score (nSPS) is 27.0. The molecule has 2 aliphatic rings. The van der Waals surface area contributed by atoms with E-state index in [1.807, 2.05) is 12.1 Å². The Kier molecular flexibility index (Phi) is 4.20. The van der Waals surface area contributed by atoms with E-state index in [1.165, 1.54) is 6.07 Å². The van der Waals surface area contributed by atoms with Crippen LogP contribution in [0.15, 0.2) is 42.6 Å². The summed E-state index contributed by atoms with van der Waals surface area (Å²) < 4.78 is 44.2. The van der Waals surface area contributed by atoms with Gasteiger partial charge in [-0.1, -0.05) is 19.1 Å². The van der Waals surface area contributed by atoms with Crippen molar-refractivity contribution in [1.29, 1.82) is 0 Å². The fraction of sp³-hybridized carbons (Fsp3) is 0.368. The van der Waals surface area contributed by atoms with Gasteiger partial charge in [-0.2, -0.15) is 13.2 Å². The average Bonchev–Trinajstić information content (AvgIpc) is 3.15. The molecule has 3 heterocycles. The highest BCUT2D eigenvalue weighted by molar-refractivity contribution is 6.04. The van der Waals surface area contributed by atoms with Gasteiger partial charge in [-0.05, 0) is 29.8 Å². The van der Waals surface area contributed by atoms with Gasteiger partial charge < -0.3 is 15.4 Å². The number of morpholine rings is 1. The van der Waals surface area contributed by atoms with Crippen LogP contribution in [0.1, 0.15) is 28.5 Å². The number of fused-ring (bicyclic) bond motifs is 2. The van der Waals surface area contributed by atoms with Crippen LogP contribution in [0.3, 0.4) is 0 Å². The number of carbonyl (C=O) groups excluding carboxylic acids is 1. The number of halogens is 3. The second kappa shape index (κ2) is 6.31. The molecule has 2 saturated heterocycles. The maximum Gasteiger partial charge on any atom is 0.433 e. The number of hydrogen-bond donors (Lipinski definition) is 2. The van der Waals surface area contributed by atoms with Crippen molar-refractivity contribution >= 4 is 11.6 Å². The van der Waals surface area contributed by atoms with Crippen molar-refractivity contribution in [2.24, 2.45) is 5.92 Å². The maximum atomic E-state index is 12.7. The molecule has 1 aromatic carbocycles. The molecule has 2 fully saturated rings. The number of aromatic nitrogens is 1. The van der Waals surface area contributed by atoms with Gasteiger partial charge in [0.25, 0.3) is 5.91 Å². The molecule has 2 N–H and O–H groups in total. The lowest BCUT2D eigenvalue weighted by atomic mass is 9.84. The van der Waals surface area contributed by atoms with Crippen molar-refractivity contribution in [2.75, 3.05) is 18.5 Å². The molecule has 4 rings (SSSR count). The van der Waals surface area contributed by atoms with Crippen LogP contribution in [0, 0.1) is 5.92 Å². The van der Waals surface area contributed by atoms with E-state index in [0.29, 0.717) is 24.3 Å². The van der Waals surface area contributed by atoms with Crippen LogP contribution in [0.5, 0.6) is 0 Å². The van der Waals surface area contributed by atoms with E-state index >= 15 is 0 Å². The lowest BCUT2D eigenvalue weighted by Gasteiger charge is -2.29. The quantitative estimate of drug-likeness (QED) is 0.863. The Balaban J connectivity index is 1.50. The molecule has 1 amide bonds. The monoisotopic (exact) mass is 377 g/mol. The molecule has 8 heteroatoms. The molecule has 2 bridgehead atoms. The second-order valence-electron chi connectivity index (χ2n) is 6.94. The number of rotatable bonds is 3. The summed E-state index contributed by atoms with van der Waals surface area (Å²) in [5.74, 6) is -0.280. The molecule has 2 aromatic rings. The van der Waals surface area contributed by atoms with Crippen LogP contribution in [-0.4, -0.2) is 30.1 Å². The second-order valence-corrected chi connectivity index (χ2v) is 6.94. The first-order valence-electron chi connectivity index (χ1n) is 8.62. The van der Waals surface area contributed by atoms with Crippen LogP contribution < -0.4 is 10.6 Å². The third-order valence-corrected chi connectivity index (χ3v) is 5.43. The molecule has 0 saturated carbocycles. The number of nitrogens with one attached hydrogen (secondary N) is 2. The molecule has 5 nitrogen and oxygen atoms in total. The zero-order chi connectivity index (χ0) is 19.2. The number of anilines is 1. The molecule has 3 unspecified atom stereocenters. The highest BCUT2D eigenvalue weighted by atomic mass is 19.4. The van der Waals surface area contributed by atoms with Gasteiger partial charge in [0.15, 0.2) is 0 Å². The molecule has 0 spiro atoms. The lowest BCUT2D eigenvalue weighted by molar-refractivity contribution is -0.141. The fourth-order valence-electron chi connectivity index (χ4n) is 3.78. The molecule has 0 radical (unpaired) electrons. The number of alkyl halides is 3. The minimum Gasteiger partial charge on any atom is -0.367 e. The lowest BCUT2D eigenvalue weighted by Crippen LogP contribution is -2.37. The zero-order valence-electron chi connectivity index (χ0n) is 14.5. The van der Waals surface area contributed by atoms with Gasteiger partial charge in [0.2, 0.25) is 0 Å². The van der Waals surface area contributed by atoms with Gasteiger partial charge in [-0.25, -0.2) is 0 Å². The topological polar surface area (TPSA) is 63.2 Å². The summed E-state index contributed by atoms with van der Waals surface area (Å²) in [6.45, 7) is 3.56. The molecule has 3 atom stereocenters. The SMILES string of the molecule is CC1C2COC1(c1ccc(NC(=O)c3ccnc(C(F)(F)F)c3)cc1)CN2. The number of carbonyl (C=O) groups is 1. The van der Waals surface area contributed by atoms with E-state index in [2.05, 4.69) is 22.5 Å². The Morgan fingerprint density at radius 2 is 2.04 bits per heavy atom. The van der Waals surface area contributed by atoms with Gasteiger partial charge >= 0.3 is 6.18 Å². The van der Waals surface area contributed by atoms with Gasteiger partial charge in [0.05, 0.1) is 6.61 Å². The van der Waals surface area contributed by atoms with Crippen LogP contribution in [0.4, 0.5) is 18.9 Å². The number of hydrogen-bond acceptors (Lipinski definition) is 4. The minimum absolute atomic E-state index is 0.101. The van der Waals surface area contributed by atoms with Crippen molar-refractivity contribution in [3.63, 3.8) is 0 Å². The summed E-state index contributed by atoms with van der Waals surface area (Å²) in [5, 5.41) is 6.05. The number of nitrogens with zero attached hydrogens (tertiary/aromatic N) is 1. The van der Waals surface area contributed by atoms with E-state index in [4.69, 9.17) is 4.74 Å². The van der Waals surface area contributed by atoms with Crippen LogP contribution >= 0.6 is 0 Å². The first-order valence-corrected chi connectivity index (χ1v) is 8.62. The van der Waals surface area contributed by atoms with E-state index < -0.39 is 17.8 Å². The molecule has 2 aliphatic heterocycles. The molecular weight excluding hydrogens is 359 g/mol. The summed E-state index contributed by atoms with van der Waals surface area (Å²) in [7, 11) is 0. The minimum atomic E-state index is -4.59. The Labute approximate surface area is 153 Å². The third-order valence-electron chi connectivity index (χ3n) is 5.43. The predicted molar refractivity (Wildman–Crippen MR) is 92.2 cm³/mol. The highest BCUT2D eigenvalue weighted by Gasteiger charge is 2.53. The summed E-state index contributed by atoms with van der Waals surface area (Å²) in [6.07, 6.45) is -3.62. The molecule has 27 heavy (non-hydrogen) atoms. The van der Waals surface area contributed by atoms with Crippen molar-refractivity contribution in [3.8, 4) is 0 Å². The predicted octanol–water partition coefficient (Wildman–Crippen LogP) is 3.19. The Bertz CT molecular complexity index is 859. The maximum absolute atomic E-state index is 12.7. The third kappa shape index (κ3) is 3.08. The summed E-state index contributed by atoms with van der Waals surface area (Å²) >= 11 is 0. The van der Waals surface area contributed by atoms with E-state index in [0.717, 1.165) is 24.4 Å². The average molecular weight is 377 g/mol. The number of benzene rings is 1. The Hall–Kier alpha value is -2.45. The van der Waals surface area contributed by atoms with Gasteiger partial charge in [0, 0.05) is 36.0 Å². The van der Waals surface area contributed by atoms with Crippen LogP contribution in [0.25, 0.3) is 0 Å². The van der Waals surface area contributed by atoms with E-state index in [9.17, 15) is 18.0 Å². The largest absolute Gasteiger partial charge is 0.433 e. The van der Waals surface area contributed by atoms with Gasteiger partial charge in [0.1, 0.15) is 11.3 Å². The Morgan fingerprint density at radius 1 is 1.30 bits per heavy atom. The molecule has 0 aliphatic carbocycles. The Morgan fingerprint density at radius 3 is 2.59 bits per heavy atom. The van der Waals surface area contributed by atoms with Crippen molar-refractivity contribution in [2.45, 2.75) is 24.7 Å². The molecule has 1 aromatic heterocycles. The first kappa shape index (κ1) is 17.9. The van der Waals surface area contributed by atoms with E-state index in [1.54, 1.807) is 12.1 Å². The molecular formula is C19H18F3N3O2. The van der Waals surface area contributed by atoms with Crippen molar-refractivity contribution in [3.05, 3.63) is 59.4 Å². The summed E-state index contributed by atoms with van der Waals surface area (Å²) in [4.78, 5) is 15.5. The van der Waals surface area contributed by atoms with Crippen LogP contribution in [0.2, 0.25) is 0 Å². The molecule has 142 valence electrons. The standard InChI is InChI=1S/C19H18F3N3O2/c1-11-15-9-27-18(11,10-24-15)13-2-4-14(5-3-13)25-17(26)12-6-7-23-16(8-12)19(20,21)22/h2-8,11,15,24H,9-10H2,1H3,(H,25,26). The number of ether oxygens (including phenoxy) is 1. The number of pyridine rings is 1. The number of amides is 1. The van der Waals surface area contributed by atoms with Crippen LogP contribution in [-0.2, 0) is 16.5 Å². The summed E-state index contributed by atoms with van der Waals surface area (Å²) in [6, 6.07) is 9.56.